The first kappa shape index (κ1) is 24.1. The highest BCUT2D eigenvalue weighted by molar-refractivity contribution is 5.96. The number of nitrogens with one attached hydrogen (secondary N) is 3. The zero-order valence-electron chi connectivity index (χ0n) is 21.3. The molecule has 10 heteroatoms. The fourth-order valence-electron chi connectivity index (χ4n) is 9.81. The summed E-state index contributed by atoms with van der Waals surface area (Å²) in [4.78, 5) is 51.3. The number of hydrogen-bond acceptors (Lipinski definition) is 6. The van der Waals surface area contributed by atoms with Crippen LogP contribution in [0.5, 0.6) is 0 Å². The average molecular weight is 524 g/mol. The molecule has 10 unspecified atom stereocenters. The second-order valence-corrected chi connectivity index (χ2v) is 12.5. The van der Waals surface area contributed by atoms with E-state index in [1.54, 1.807) is 13.8 Å². The summed E-state index contributed by atoms with van der Waals surface area (Å²) in [7, 11) is 0. The van der Waals surface area contributed by atoms with Gasteiger partial charge in [-0.1, -0.05) is 44.2 Å². The van der Waals surface area contributed by atoms with Crippen LogP contribution in [0.15, 0.2) is 30.3 Å². The number of benzene rings is 1. The van der Waals surface area contributed by atoms with Crippen molar-refractivity contribution in [2.24, 2.45) is 53.3 Å². The second kappa shape index (κ2) is 7.79. The maximum absolute atomic E-state index is 14.1. The van der Waals surface area contributed by atoms with Gasteiger partial charge in [-0.2, -0.15) is 0 Å². The van der Waals surface area contributed by atoms with Crippen LogP contribution in [0.1, 0.15) is 25.8 Å². The van der Waals surface area contributed by atoms with E-state index in [4.69, 9.17) is 9.84 Å². The topological polar surface area (TPSA) is 154 Å². The fourth-order valence-corrected chi connectivity index (χ4v) is 9.81. The number of carboxylic acids is 1. The van der Waals surface area contributed by atoms with Gasteiger partial charge >= 0.3 is 5.97 Å². The highest BCUT2D eigenvalue weighted by Crippen LogP contribution is 2.92. The lowest BCUT2D eigenvalue weighted by Gasteiger charge is -2.45. The van der Waals surface area contributed by atoms with E-state index in [1.165, 1.54) is 0 Å². The van der Waals surface area contributed by atoms with Crippen molar-refractivity contribution in [3.8, 4) is 0 Å². The van der Waals surface area contributed by atoms with E-state index >= 15 is 0 Å². The number of carbonyl (C=O) groups excluding carboxylic acids is 3. The molecule has 12 atom stereocenters. The molecule has 4 bridgehead atoms. The van der Waals surface area contributed by atoms with Crippen LogP contribution in [-0.2, 0) is 30.3 Å². The minimum absolute atomic E-state index is 0.00176. The third-order valence-electron chi connectivity index (χ3n) is 10.7. The standard InChI is InChI=1S/C28H33N3O7/c1-11(2)23(25(35)29-10-16(32)33)31-24(34)15(8-12-6-4-3-5-7-12)30-26(36)27-19-13-9-14-18-17(13)21(27)22(18)28(37,38-27)20(14)19/h3-7,11,13-15,17-23,37H,8-10H2,1-2H3,(H,29,35)(H,30,36)(H,31,34)(H,32,33)/t13?,14?,15-,17?,18?,19?,20?,21?,22?,23-,27?,28?/m0/s1. The molecule has 8 rings (SSSR count). The molecule has 0 spiro atoms. The summed E-state index contributed by atoms with van der Waals surface area (Å²) in [6, 6.07) is 7.36. The number of amides is 3. The monoisotopic (exact) mass is 523 g/mol. The van der Waals surface area contributed by atoms with Gasteiger partial charge < -0.3 is 30.9 Å². The third kappa shape index (κ3) is 2.80. The molecule has 5 aliphatic carbocycles. The SMILES string of the molecule is CC(C)[C@H](NC(=O)[C@H](Cc1ccccc1)NC(=O)C12OC3(O)C4C5CC(C6C5C3C61)C42)C(=O)NCC(=O)O. The molecule has 0 radical (unpaired) electrons. The van der Waals surface area contributed by atoms with Crippen molar-refractivity contribution in [3.63, 3.8) is 0 Å². The summed E-state index contributed by atoms with van der Waals surface area (Å²) in [6.45, 7) is 2.95. The van der Waals surface area contributed by atoms with Crippen LogP contribution in [0.2, 0.25) is 0 Å². The Labute approximate surface area is 219 Å². The van der Waals surface area contributed by atoms with Crippen molar-refractivity contribution in [2.45, 2.75) is 50.2 Å². The zero-order chi connectivity index (χ0) is 26.7. The molecule has 2 aliphatic heterocycles. The van der Waals surface area contributed by atoms with Gasteiger partial charge in [-0.15, -0.1) is 0 Å². The van der Waals surface area contributed by atoms with Gasteiger partial charge in [0, 0.05) is 30.1 Å². The molecule has 202 valence electrons. The van der Waals surface area contributed by atoms with Gasteiger partial charge in [-0.25, -0.2) is 0 Å². The lowest BCUT2D eigenvalue weighted by atomic mass is 9.56. The summed E-state index contributed by atoms with van der Waals surface area (Å²) < 4.78 is 6.34. The normalized spacial score (nSPS) is 42.8. The lowest BCUT2D eigenvalue weighted by Crippen LogP contribution is -2.62. The average Bonchev–Trinajstić information content (AvgIpc) is 3.53. The maximum Gasteiger partial charge on any atom is 0.322 e. The molecule has 3 amide bonds. The third-order valence-corrected chi connectivity index (χ3v) is 10.7. The van der Waals surface area contributed by atoms with Gasteiger partial charge in [0.25, 0.3) is 5.91 Å². The molecular formula is C28H33N3O7. The molecule has 5 saturated carbocycles. The van der Waals surface area contributed by atoms with E-state index < -0.39 is 47.8 Å². The molecule has 2 saturated heterocycles. The van der Waals surface area contributed by atoms with Crippen molar-refractivity contribution in [1.29, 1.82) is 0 Å². The number of aliphatic hydroxyl groups is 1. The predicted octanol–water partition coefficient (Wildman–Crippen LogP) is -0.0992. The molecule has 38 heavy (non-hydrogen) atoms. The summed E-state index contributed by atoms with van der Waals surface area (Å²) in [5.74, 6) is -2.42. The van der Waals surface area contributed by atoms with Crippen LogP contribution < -0.4 is 16.0 Å². The summed E-state index contributed by atoms with van der Waals surface area (Å²) in [5, 5.41) is 28.5. The Balaban J connectivity index is 1.13. The molecule has 0 aromatic heterocycles. The van der Waals surface area contributed by atoms with Gasteiger partial charge in [0.2, 0.25) is 11.8 Å². The highest BCUT2D eigenvalue weighted by Gasteiger charge is 2.98. The van der Waals surface area contributed by atoms with Crippen LogP contribution in [0.3, 0.4) is 0 Å². The molecule has 5 N–H and O–H groups in total. The van der Waals surface area contributed by atoms with Crippen LogP contribution in [0.25, 0.3) is 0 Å². The Bertz CT molecular complexity index is 1240. The van der Waals surface area contributed by atoms with Gasteiger partial charge in [-0.3, -0.25) is 19.2 Å². The number of ether oxygens (including phenoxy) is 1. The molecule has 1 aromatic carbocycles. The van der Waals surface area contributed by atoms with E-state index in [2.05, 4.69) is 16.0 Å². The summed E-state index contributed by atoms with van der Waals surface area (Å²) in [6.07, 6.45) is 1.27. The van der Waals surface area contributed by atoms with Gasteiger partial charge in [0.05, 0.1) is 0 Å². The van der Waals surface area contributed by atoms with Gasteiger partial charge in [0.1, 0.15) is 18.6 Å². The lowest BCUT2D eigenvalue weighted by molar-refractivity contribution is -0.211. The predicted molar refractivity (Wildman–Crippen MR) is 131 cm³/mol. The molecule has 10 nitrogen and oxygen atoms in total. The molecular weight excluding hydrogens is 490 g/mol. The van der Waals surface area contributed by atoms with Crippen molar-refractivity contribution < 1.29 is 34.1 Å². The smallest absolute Gasteiger partial charge is 0.322 e. The summed E-state index contributed by atoms with van der Waals surface area (Å²) >= 11 is 0. The first-order valence-corrected chi connectivity index (χ1v) is 13.7. The minimum atomic E-state index is -1.22. The van der Waals surface area contributed by atoms with E-state index in [1.807, 2.05) is 30.3 Å². The molecule has 2 heterocycles. The van der Waals surface area contributed by atoms with Crippen LogP contribution in [0, 0.1) is 53.3 Å². The zero-order valence-corrected chi connectivity index (χ0v) is 21.3. The first-order valence-electron chi connectivity index (χ1n) is 13.7. The maximum atomic E-state index is 14.1. The van der Waals surface area contributed by atoms with Crippen molar-refractivity contribution in [1.82, 2.24) is 16.0 Å². The van der Waals surface area contributed by atoms with Crippen LogP contribution in [0.4, 0.5) is 0 Å². The van der Waals surface area contributed by atoms with Gasteiger partial charge in [-0.05, 0) is 41.6 Å². The Morgan fingerprint density at radius 1 is 0.974 bits per heavy atom. The van der Waals surface area contributed by atoms with Crippen molar-refractivity contribution >= 4 is 23.7 Å². The number of carboxylic acid groups (broad SMARTS) is 1. The molecule has 7 aliphatic rings. The number of aliphatic carboxylic acids is 1. The summed E-state index contributed by atoms with van der Waals surface area (Å²) in [5.41, 5.74) is -0.250. The molecule has 1 aromatic rings. The highest BCUT2D eigenvalue weighted by atomic mass is 16.7. The van der Waals surface area contributed by atoms with E-state index in [9.17, 15) is 24.3 Å². The Morgan fingerprint density at radius 3 is 2.34 bits per heavy atom. The molecule has 7 fully saturated rings. The van der Waals surface area contributed by atoms with Crippen LogP contribution >= 0.6 is 0 Å². The number of carbonyl (C=O) groups is 4. The largest absolute Gasteiger partial charge is 0.480 e. The van der Waals surface area contributed by atoms with Crippen LogP contribution in [-0.4, -0.2) is 63.9 Å². The first-order chi connectivity index (χ1) is 18.1. The van der Waals surface area contributed by atoms with Gasteiger partial charge in [0.15, 0.2) is 11.4 Å². The Morgan fingerprint density at radius 2 is 1.66 bits per heavy atom. The Kier molecular flexibility index (Phi) is 4.94. The number of hydrogen-bond donors (Lipinski definition) is 5. The Hall–Kier alpha value is -2.98. The van der Waals surface area contributed by atoms with E-state index in [0.29, 0.717) is 23.7 Å². The van der Waals surface area contributed by atoms with Crippen molar-refractivity contribution in [3.05, 3.63) is 35.9 Å². The number of rotatable bonds is 10. The minimum Gasteiger partial charge on any atom is -0.480 e. The quantitative estimate of drug-likeness (QED) is 0.287. The van der Waals surface area contributed by atoms with E-state index in [0.717, 1.165) is 12.0 Å². The van der Waals surface area contributed by atoms with Crippen molar-refractivity contribution in [2.75, 3.05) is 6.54 Å². The van der Waals surface area contributed by atoms with E-state index in [-0.39, 0.29) is 41.9 Å². The fraction of sp³-hybridized carbons (Fsp3) is 0.643. The second-order valence-electron chi connectivity index (χ2n) is 12.5.